The van der Waals surface area contributed by atoms with Crippen LogP contribution >= 0.6 is 57.1 Å². The first kappa shape index (κ1) is 10.5. The van der Waals surface area contributed by atoms with E-state index >= 15 is 0 Å². The first-order chi connectivity index (χ1) is 6.68. The fourth-order valence-corrected chi connectivity index (χ4v) is 1.99. The lowest BCUT2D eigenvalue weighted by Crippen LogP contribution is -1.93. The van der Waals surface area contributed by atoms with E-state index in [-0.39, 0.29) is 0 Å². The molecule has 3 nitrogen and oxygen atoms in total. The fraction of sp³-hybridized carbons (Fsp3) is 0. The Morgan fingerprint density at radius 1 is 1.21 bits per heavy atom. The maximum atomic E-state index is 5.87. The molecule has 0 aliphatic heterocycles. The summed E-state index contributed by atoms with van der Waals surface area (Å²) in [6.45, 7) is 0. The van der Waals surface area contributed by atoms with Crippen LogP contribution in [0, 0.1) is 3.57 Å². The minimum Gasteiger partial charge on any atom is -0.241 e. The zero-order valence-corrected chi connectivity index (χ0v) is 11.0. The number of thiazole rings is 1. The zero-order valence-electron chi connectivity index (χ0n) is 6.54. The topological polar surface area (TPSA) is 38.7 Å². The predicted molar refractivity (Wildman–Crippen MR) is 65.9 cm³/mol. The number of hydrogen-bond donors (Lipinski definition) is 0. The molecule has 0 radical (unpaired) electrons. The molecule has 0 amide bonds. The molecule has 2 aromatic rings. The first-order valence-corrected chi connectivity index (χ1v) is 6.23. The van der Waals surface area contributed by atoms with Crippen LogP contribution in [0.1, 0.15) is 0 Å². The first-order valence-electron chi connectivity index (χ1n) is 3.45. The van der Waals surface area contributed by atoms with Gasteiger partial charge in [0.1, 0.15) is 16.0 Å². The van der Waals surface area contributed by atoms with Gasteiger partial charge in [0.15, 0.2) is 5.82 Å². The molecule has 14 heavy (non-hydrogen) atoms. The van der Waals surface area contributed by atoms with Crippen molar-refractivity contribution < 1.29 is 0 Å². The highest BCUT2D eigenvalue weighted by atomic mass is 127. The molecule has 0 aliphatic carbocycles. The minimum atomic E-state index is 0.355. The van der Waals surface area contributed by atoms with Crippen molar-refractivity contribution >= 4 is 57.1 Å². The van der Waals surface area contributed by atoms with Crippen molar-refractivity contribution in [1.82, 2.24) is 15.0 Å². The number of aromatic nitrogens is 3. The molecule has 7 heteroatoms. The highest BCUT2D eigenvalue weighted by molar-refractivity contribution is 14.1. The molecule has 0 atom stereocenters. The third-order valence-electron chi connectivity index (χ3n) is 1.43. The summed E-state index contributed by atoms with van der Waals surface area (Å²) in [5.74, 6) is 0.460. The van der Waals surface area contributed by atoms with Gasteiger partial charge in [0.2, 0.25) is 0 Å². The van der Waals surface area contributed by atoms with Gasteiger partial charge in [-0.25, -0.2) is 15.0 Å². The number of nitrogens with zero attached hydrogens (tertiary/aromatic N) is 3. The predicted octanol–water partition coefficient (Wildman–Crippen LogP) is 3.51. The molecule has 0 N–H and O–H groups in total. The van der Waals surface area contributed by atoms with Crippen molar-refractivity contribution in [3.05, 3.63) is 24.8 Å². The molecule has 0 fully saturated rings. The standard InChI is InChI=1S/C7H2Cl2IN3S/c8-5-4(10)6(9)13-7(12-5)3-1-14-2-11-3/h1-2H. The van der Waals surface area contributed by atoms with E-state index in [1.807, 2.05) is 28.0 Å². The second kappa shape index (κ2) is 4.26. The van der Waals surface area contributed by atoms with Gasteiger partial charge in [-0.2, -0.15) is 0 Å². The van der Waals surface area contributed by atoms with Crippen molar-refractivity contribution in [2.24, 2.45) is 0 Å². The van der Waals surface area contributed by atoms with Crippen molar-refractivity contribution in [1.29, 1.82) is 0 Å². The SMILES string of the molecule is Clc1nc(-c2cscn2)nc(Cl)c1I. The van der Waals surface area contributed by atoms with Crippen LogP contribution in [-0.4, -0.2) is 15.0 Å². The second-order valence-electron chi connectivity index (χ2n) is 2.32. The molecule has 0 spiro atoms. The Labute approximate surface area is 108 Å². The Morgan fingerprint density at radius 3 is 2.36 bits per heavy atom. The highest BCUT2D eigenvalue weighted by Crippen LogP contribution is 2.26. The van der Waals surface area contributed by atoms with E-state index in [4.69, 9.17) is 23.2 Å². The summed E-state index contributed by atoms with van der Waals surface area (Å²) in [5, 5.41) is 2.55. The average molecular weight is 358 g/mol. The van der Waals surface area contributed by atoms with E-state index < -0.39 is 0 Å². The summed E-state index contributed by atoms with van der Waals surface area (Å²) in [6.07, 6.45) is 0. The largest absolute Gasteiger partial charge is 0.241 e. The normalized spacial score (nSPS) is 10.5. The molecule has 0 saturated heterocycles. The van der Waals surface area contributed by atoms with E-state index in [1.54, 1.807) is 5.51 Å². The third-order valence-corrected chi connectivity index (χ3v) is 4.22. The Hall–Kier alpha value is 0.0200. The fourth-order valence-electron chi connectivity index (χ4n) is 0.832. The van der Waals surface area contributed by atoms with Crippen LogP contribution in [0.5, 0.6) is 0 Å². The van der Waals surface area contributed by atoms with Crippen molar-refractivity contribution in [2.45, 2.75) is 0 Å². The maximum absolute atomic E-state index is 5.87. The molecule has 72 valence electrons. The lowest BCUT2D eigenvalue weighted by atomic mass is 10.4. The number of hydrogen-bond acceptors (Lipinski definition) is 4. The minimum absolute atomic E-state index is 0.355. The van der Waals surface area contributed by atoms with Crippen LogP contribution in [0.4, 0.5) is 0 Å². The van der Waals surface area contributed by atoms with E-state index in [1.165, 1.54) is 11.3 Å². The molecule has 0 saturated carbocycles. The summed E-state index contributed by atoms with van der Waals surface area (Å²) in [7, 11) is 0. The van der Waals surface area contributed by atoms with Gasteiger partial charge >= 0.3 is 0 Å². The summed E-state index contributed by atoms with van der Waals surface area (Å²) in [4.78, 5) is 12.2. The monoisotopic (exact) mass is 357 g/mol. The highest BCUT2D eigenvalue weighted by Gasteiger charge is 2.11. The summed E-state index contributed by atoms with van der Waals surface area (Å²) in [6, 6.07) is 0. The smallest absolute Gasteiger partial charge is 0.181 e. The molecule has 0 bridgehead atoms. The Bertz CT molecular complexity index is 437. The average Bonchev–Trinajstić information content (AvgIpc) is 2.66. The molecular weight excluding hydrogens is 356 g/mol. The third kappa shape index (κ3) is 2.00. The van der Waals surface area contributed by atoms with Crippen LogP contribution in [-0.2, 0) is 0 Å². The lowest BCUT2D eigenvalue weighted by molar-refractivity contribution is 1.14. The molecule has 2 rings (SSSR count). The van der Waals surface area contributed by atoms with Gasteiger partial charge < -0.3 is 0 Å². The van der Waals surface area contributed by atoms with E-state index in [2.05, 4.69) is 15.0 Å². The number of halogens is 3. The van der Waals surface area contributed by atoms with Crippen molar-refractivity contribution in [3.8, 4) is 11.5 Å². The second-order valence-corrected chi connectivity index (χ2v) is 4.83. The van der Waals surface area contributed by atoms with Crippen LogP contribution < -0.4 is 0 Å². The summed E-state index contributed by atoms with van der Waals surface area (Å²) >= 11 is 15.2. The van der Waals surface area contributed by atoms with Crippen LogP contribution in [0.3, 0.4) is 0 Å². The van der Waals surface area contributed by atoms with E-state index in [0.717, 1.165) is 0 Å². The quantitative estimate of drug-likeness (QED) is 0.579. The lowest BCUT2D eigenvalue weighted by Gasteiger charge is -2.00. The van der Waals surface area contributed by atoms with Gasteiger partial charge in [-0.1, -0.05) is 23.2 Å². The van der Waals surface area contributed by atoms with Crippen LogP contribution in [0.2, 0.25) is 10.3 Å². The van der Waals surface area contributed by atoms with Gasteiger partial charge in [0.05, 0.1) is 9.08 Å². The molecular formula is C7H2Cl2IN3S. The van der Waals surface area contributed by atoms with E-state index in [9.17, 15) is 0 Å². The van der Waals surface area contributed by atoms with Gasteiger partial charge in [0, 0.05) is 5.38 Å². The van der Waals surface area contributed by atoms with Gasteiger partial charge in [0.25, 0.3) is 0 Å². The number of rotatable bonds is 1. The van der Waals surface area contributed by atoms with Crippen LogP contribution in [0.15, 0.2) is 10.9 Å². The van der Waals surface area contributed by atoms with E-state index in [0.29, 0.717) is 25.4 Å². The molecule has 2 aromatic heterocycles. The molecule has 0 aromatic carbocycles. The molecule has 2 heterocycles. The van der Waals surface area contributed by atoms with Crippen molar-refractivity contribution in [3.63, 3.8) is 0 Å². The Balaban J connectivity index is 2.57. The van der Waals surface area contributed by atoms with Crippen molar-refractivity contribution in [2.75, 3.05) is 0 Å². The molecule has 0 aliphatic rings. The maximum Gasteiger partial charge on any atom is 0.181 e. The van der Waals surface area contributed by atoms with Crippen LogP contribution in [0.25, 0.3) is 11.5 Å². The Kier molecular flexibility index (Phi) is 3.20. The summed E-state index contributed by atoms with van der Waals surface area (Å²) < 4.78 is 0.657. The van der Waals surface area contributed by atoms with Gasteiger partial charge in [-0.3, -0.25) is 0 Å². The Morgan fingerprint density at radius 2 is 1.86 bits per heavy atom. The van der Waals surface area contributed by atoms with Gasteiger partial charge in [-0.05, 0) is 22.6 Å². The molecule has 0 unspecified atom stereocenters. The van der Waals surface area contributed by atoms with Gasteiger partial charge in [-0.15, -0.1) is 11.3 Å². The zero-order chi connectivity index (χ0) is 10.1. The summed E-state index contributed by atoms with van der Waals surface area (Å²) in [5.41, 5.74) is 2.40.